The summed E-state index contributed by atoms with van der Waals surface area (Å²) < 4.78 is 15.2. The number of carbonyl (C=O) groups excluding carboxylic acids is 1. The minimum atomic E-state index is -0.279. The number of anilines is 1. The first-order valence-electron chi connectivity index (χ1n) is 7.55. The van der Waals surface area contributed by atoms with Gasteiger partial charge in [-0.05, 0) is 29.3 Å². The third-order valence-electron chi connectivity index (χ3n) is 4.21. The lowest BCUT2D eigenvalue weighted by Gasteiger charge is -2.24. The van der Waals surface area contributed by atoms with E-state index in [0.29, 0.717) is 5.56 Å². The van der Waals surface area contributed by atoms with E-state index in [2.05, 4.69) is 21.2 Å². The number of nitrogens with one attached hydrogen (secondary N) is 1. The van der Waals surface area contributed by atoms with Crippen LogP contribution in [0.4, 0.5) is 10.1 Å². The number of amides is 1. The molecule has 1 aromatic heterocycles. The van der Waals surface area contributed by atoms with Gasteiger partial charge in [0.25, 0.3) is 0 Å². The Hall–Kier alpha value is -1.98. The Kier molecular flexibility index (Phi) is 3.98. The topological polar surface area (TPSA) is 29.1 Å². The number of fused-ring (bicyclic) bond motifs is 1. The maximum Gasteiger partial charge on any atom is 0.225 e. The third kappa shape index (κ3) is 2.68. The third-order valence-corrected chi connectivity index (χ3v) is 5.80. The number of thiophene rings is 1. The number of benzene rings is 2. The van der Waals surface area contributed by atoms with Gasteiger partial charge < -0.3 is 5.32 Å². The van der Waals surface area contributed by atoms with Crippen molar-refractivity contribution in [2.24, 2.45) is 0 Å². The highest BCUT2D eigenvalue weighted by atomic mass is 79.9. The van der Waals surface area contributed by atoms with Gasteiger partial charge in [-0.2, -0.15) is 0 Å². The van der Waals surface area contributed by atoms with Crippen molar-refractivity contribution in [1.29, 1.82) is 0 Å². The monoisotopic (exact) mass is 401 g/mol. The van der Waals surface area contributed by atoms with Crippen LogP contribution >= 0.6 is 27.3 Å². The van der Waals surface area contributed by atoms with Gasteiger partial charge in [-0.1, -0.05) is 46.3 Å². The van der Waals surface area contributed by atoms with Crippen LogP contribution in [-0.2, 0) is 4.79 Å². The fourth-order valence-corrected chi connectivity index (χ4v) is 4.62. The molecular formula is C19H13BrFNOS. The summed E-state index contributed by atoms with van der Waals surface area (Å²) in [6, 6.07) is 14.8. The van der Waals surface area contributed by atoms with Gasteiger partial charge in [-0.15, -0.1) is 11.3 Å². The number of rotatable bonds is 2. The Labute approximate surface area is 151 Å². The smallest absolute Gasteiger partial charge is 0.225 e. The largest absolute Gasteiger partial charge is 0.325 e. The molecule has 0 radical (unpaired) electrons. The Balaban J connectivity index is 1.86. The molecule has 1 aliphatic heterocycles. The molecule has 0 bridgehead atoms. The lowest BCUT2D eigenvalue weighted by Crippen LogP contribution is -2.23. The van der Waals surface area contributed by atoms with E-state index < -0.39 is 0 Å². The van der Waals surface area contributed by atoms with E-state index in [1.807, 2.05) is 35.7 Å². The van der Waals surface area contributed by atoms with Crippen molar-refractivity contribution in [1.82, 2.24) is 0 Å². The van der Waals surface area contributed by atoms with Crippen LogP contribution in [0.25, 0.3) is 11.1 Å². The zero-order valence-electron chi connectivity index (χ0n) is 12.6. The van der Waals surface area contributed by atoms with E-state index in [1.54, 1.807) is 23.5 Å². The predicted molar refractivity (Wildman–Crippen MR) is 98.9 cm³/mol. The predicted octanol–water partition coefficient (Wildman–Crippen LogP) is 5.79. The van der Waals surface area contributed by atoms with Gasteiger partial charge >= 0.3 is 0 Å². The van der Waals surface area contributed by atoms with Crippen molar-refractivity contribution < 1.29 is 9.18 Å². The summed E-state index contributed by atoms with van der Waals surface area (Å²) in [5.74, 6) is -0.616. The second-order valence-corrected chi connectivity index (χ2v) is 7.55. The van der Waals surface area contributed by atoms with Crippen LogP contribution in [0.3, 0.4) is 0 Å². The second kappa shape index (κ2) is 6.15. The zero-order chi connectivity index (χ0) is 16.7. The molecule has 0 aliphatic carbocycles. The summed E-state index contributed by atoms with van der Waals surface area (Å²) in [7, 11) is 0. The molecule has 0 spiro atoms. The molecule has 24 heavy (non-hydrogen) atoms. The molecule has 0 saturated heterocycles. The van der Waals surface area contributed by atoms with Crippen LogP contribution in [0.5, 0.6) is 0 Å². The van der Waals surface area contributed by atoms with E-state index >= 15 is 0 Å². The first-order chi connectivity index (χ1) is 11.6. The maximum atomic E-state index is 14.4. The normalized spacial score (nSPS) is 16.6. The molecular weight excluding hydrogens is 389 g/mol. The van der Waals surface area contributed by atoms with Gasteiger partial charge in [0, 0.05) is 32.6 Å². The zero-order valence-corrected chi connectivity index (χ0v) is 15.0. The standard InChI is InChI=1S/C19H13BrFNOS/c20-12-6-7-16(21)13(8-12)14-9-17(23)22-18-15(10-24-19(14)18)11-4-2-1-3-5-11/h1-8,10,14H,9H2,(H,22,23)/t14-/m1/s1. The summed E-state index contributed by atoms with van der Waals surface area (Å²) in [5.41, 5.74) is 3.41. The Morgan fingerprint density at radius 1 is 1.17 bits per heavy atom. The molecule has 2 aromatic carbocycles. The highest BCUT2D eigenvalue weighted by Crippen LogP contribution is 2.47. The molecule has 0 unspecified atom stereocenters. The van der Waals surface area contributed by atoms with Crippen LogP contribution in [0.2, 0.25) is 0 Å². The van der Waals surface area contributed by atoms with Gasteiger partial charge in [-0.25, -0.2) is 4.39 Å². The lowest BCUT2D eigenvalue weighted by molar-refractivity contribution is -0.116. The van der Waals surface area contributed by atoms with E-state index in [9.17, 15) is 9.18 Å². The first kappa shape index (κ1) is 15.5. The second-order valence-electron chi connectivity index (χ2n) is 5.73. The Bertz CT molecular complexity index is 922. The Morgan fingerprint density at radius 3 is 2.75 bits per heavy atom. The summed E-state index contributed by atoms with van der Waals surface area (Å²) in [6.07, 6.45) is 0.259. The SMILES string of the molecule is O=C1C[C@H](c2cc(Br)ccc2F)c2scc(-c3ccccc3)c2N1. The van der Waals surface area contributed by atoms with E-state index in [4.69, 9.17) is 0 Å². The van der Waals surface area contributed by atoms with Crippen molar-refractivity contribution in [2.45, 2.75) is 12.3 Å². The summed E-state index contributed by atoms with van der Waals surface area (Å²) >= 11 is 4.97. The molecule has 3 aromatic rings. The number of hydrogen-bond acceptors (Lipinski definition) is 2. The minimum Gasteiger partial charge on any atom is -0.325 e. The maximum absolute atomic E-state index is 14.4. The average molecular weight is 402 g/mol. The van der Waals surface area contributed by atoms with Crippen LogP contribution in [0.1, 0.15) is 22.8 Å². The quantitative estimate of drug-likeness (QED) is 0.578. The molecule has 4 rings (SSSR count). The molecule has 0 saturated carbocycles. The van der Waals surface area contributed by atoms with Crippen molar-refractivity contribution in [2.75, 3.05) is 5.32 Å². The summed E-state index contributed by atoms with van der Waals surface area (Å²) in [4.78, 5) is 13.3. The lowest BCUT2D eigenvalue weighted by atomic mass is 9.89. The Morgan fingerprint density at radius 2 is 1.96 bits per heavy atom. The van der Waals surface area contributed by atoms with Crippen LogP contribution < -0.4 is 5.32 Å². The molecule has 1 atom stereocenters. The molecule has 5 heteroatoms. The molecule has 120 valence electrons. The molecule has 1 N–H and O–H groups in total. The van der Waals surface area contributed by atoms with Gasteiger partial charge in [0.15, 0.2) is 0 Å². The summed E-state index contributed by atoms with van der Waals surface area (Å²) in [5, 5.41) is 5.01. The first-order valence-corrected chi connectivity index (χ1v) is 9.22. The van der Waals surface area contributed by atoms with Gasteiger partial charge in [0.1, 0.15) is 5.82 Å². The number of halogens is 2. The molecule has 1 amide bonds. The fraction of sp³-hybridized carbons (Fsp3) is 0.105. The number of hydrogen-bond donors (Lipinski definition) is 1. The van der Waals surface area contributed by atoms with Gasteiger partial charge in [-0.3, -0.25) is 4.79 Å². The fourth-order valence-electron chi connectivity index (χ4n) is 3.09. The molecule has 1 aliphatic rings. The van der Waals surface area contributed by atoms with Crippen molar-refractivity contribution >= 4 is 38.9 Å². The highest BCUT2D eigenvalue weighted by Gasteiger charge is 2.32. The molecule has 2 heterocycles. The van der Waals surface area contributed by atoms with Gasteiger partial charge in [0.05, 0.1) is 5.69 Å². The van der Waals surface area contributed by atoms with E-state index in [0.717, 1.165) is 26.2 Å². The molecule has 0 fully saturated rings. The van der Waals surface area contributed by atoms with Crippen LogP contribution in [0, 0.1) is 5.82 Å². The van der Waals surface area contributed by atoms with Crippen molar-refractivity contribution in [3.05, 3.63) is 74.6 Å². The summed E-state index contributed by atoms with van der Waals surface area (Å²) in [6.45, 7) is 0. The van der Waals surface area contributed by atoms with Crippen molar-refractivity contribution in [3.63, 3.8) is 0 Å². The molecule has 2 nitrogen and oxygen atoms in total. The van der Waals surface area contributed by atoms with Gasteiger partial charge in [0.2, 0.25) is 5.91 Å². The van der Waals surface area contributed by atoms with E-state index in [1.165, 1.54) is 6.07 Å². The average Bonchev–Trinajstić information content (AvgIpc) is 3.01. The van der Waals surface area contributed by atoms with Crippen LogP contribution in [0.15, 0.2) is 58.4 Å². The van der Waals surface area contributed by atoms with E-state index in [-0.39, 0.29) is 24.1 Å². The minimum absolute atomic E-state index is 0.0811. The van der Waals surface area contributed by atoms with Crippen LogP contribution in [-0.4, -0.2) is 5.91 Å². The highest BCUT2D eigenvalue weighted by molar-refractivity contribution is 9.10. The number of carbonyl (C=O) groups is 1. The van der Waals surface area contributed by atoms with Crippen molar-refractivity contribution in [3.8, 4) is 11.1 Å².